The minimum absolute atomic E-state index is 0.317. The topological polar surface area (TPSA) is 44.7 Å². The summed E-state index contributed by atoms with van der Waals surface area (Å²) in [6.45, 7) is 7.51. The fourth-order valence-corrected chi connectivity index (χ4v) is 2.43. The summed E-state index contributed by atoms with van der Waals surface area (Å²) in [5, 5.41) is 12.1. The van der Waals surface area contributed by atoms with E-state index in [4.69, 9.17) is 9.84 Å². The molecule has 0 aromatic carbocycles. The number of aliphatic hydroxyl groups excluding tert-OH is 1. The molecule has 0 bridgehead atoms. The van der Waals surface area contributed by atoms with Crippen LogP contribution in [0, 0.1) is 0 Å². The maximum Gasteiger partial charge on any atom is 0.0594 e. The van der Waals surface area contributed by atoms with Crippen LogP contribution < -0.4 is 5.32 Å². The molecular weight excluding hydrogens is 224 g/mol. The fourth-order valence-electron chi connectivity index (χ4n) is 1.60. The maximum atomic E-state index is 8.61. The molecular formula is C11H24N2O2S. The Morgan fingerprint density at radius 1 is 1.19 bits per heavy atom. The van der Waals surface area contributed by atoms with Crippen molar-refractivity contribution in [1.29, 1.82) is 0 Å². The van der Waals surface area contributed by atoms with Crippen molar-refractivity contribution in [3.8, 4) is 0 Å². The number of rotatable bonds is 9. The highest BCUT2D eigenvalue weighted by molar-refractivity contribution is 7.99. The van der Waals surface area contributed by atoms with E-state index in [-0.39, 0.29) is 0 Å². The summed E-state index contributed by atoms with van der Waals surface area (Å²) < 4.78 is 5.30. The summed E-state index contributed by atoms with van der Waals surface area (Å²) in [6, 6.07) is 0. The molecule has 0 saturated carbocycles. The Morgan fingerprint density at radius 2 is 2.00 bits per heavy atom. The maximum absolute atomic E-state index is 8.61. The standard InChI is InChI=1S/C11H24N2O2S/c14-7-1-10-16-11-3-12-2-4-13-5-8-15-9-6-13/h12,14H,1-11H2. The van der Waals surface area contributed by atoms with Crippen LogP contribution in [0.25, 0.3) is 0 Å². The molecule has 0 atom stereocenters. The molecule has 0 radical (unpaired) electrons. The molecule has 0 aromatic heterocycles. The van der Waals surface area contributed by atoms with Crippen molar-refractivity contribution in [1.82, 2.24) is 10.2 Å². The molecule has 1 heterocycles. The van der Waals surface area contributed by atoms with Gasteiger partial charge in [-0.15, -0.1) is 0 Å². The number of thioether (sulfide) groups is 1. The molecule has 1 rings (SSSR count). The second kappa shape index (κ2) is 10.4. The van der Waals surface area contributed by atoms with Crippen molar-refractivity contribution in [2.24, 2.45) is 0 Å². The Labute approximate surface area is 103 Å². The van der Waals surface area contributed by atoms with Gasteiger partial charge in [0.05, 0.1) is 13.2 Å². The Kier molecular flexibility index (Phi) is 9.22. The average molecular weight is 248 g/mol. The third kappa shape index (κ3) is 7.46. The predicted molar refractivity (Wildman–Crippen MR) is 69.2 cm³/mol. The van der Waals surface area contributed by atoms with Crippen LogP contribution in [0.4, 0.5) is 0 Å². The Balaban J connectivity index is 1.77. The van der Waals surface area contributed by atoms with E-state index in [9.17, 15) is 0 Å². The molecule has 1 saturated heterocycles. The summed E-state index contributed by atoms with van der Waals surface area (Å²) >= 11 is 1.91. The number of hydrogen-bond acceptors (Lipinski definition) is 5. The quantitative estimate of drug-likeness (QED) is 0.564. The minimum atomic E-state index is 0.317. The van der Waals surface area contributed by atoms with Gasteiger partial charge in [-0.2, -0.15) is 11.8 Å². The molecule has 1 aliphatic heterocycles. The average Bonchev–Trinajstić information content (AvgIpc) is 2.34. The van der Waals surface area contributed by atoms with Crippen LogP contribution in [0.1, 0.15) is 6.42 Å². The molecule has 1 fully saturated rings. The lowest BCUT2D eigenvalue weighted by atomic mass is 10.4. The van der Waals surface area contributed by atoms with E-state index in [1.165, 1.54) is 0 Å². The van der Waals surface area contributed by atoms with Crippen LogP contribution in [-0.4, -0.2) is 74.1 Å². The van der Waals surface area contributed by atoms with Crippen LogP contribution in [-0.2, 0) is 4.74 Å². The van der Waals surface area contributed by atoms with Gasteiger partial charge in [0.1, 0.15) is 0 Å². The smallest absolute Gasteiger partial charge is 0.0594 e. The Bertz CT molecular complexity index is 155. The van der Waals surface area contributed by atoms with Crippen LogP contribution >= 0.6 is 11.8 Å². The van der Waals surface area contributed by atoms with Crippen molar-refractivity contribution in [2.75, 3.05) is 64.1 Å². The second-order valence-electron chi connectivity index (χ2n) is 3.89. The van der Waals surface area contributed by atoms with Gasteiger partial charge in [0.25, 0.3) is 0 Å². The molecule has 0 amide bonds. The molecule has 0 unspecified atom stereocenters. The van der Waals surface area contributed by atoms with Crippen molar-refractivity contribution < 1.29 is 9.84 Å². The first-order valence-electron chi connectivity index (χ1n) is 6.13. The van der Waals surface area contributed by atoms with E-state index < -0.39 is 0 Å². The molecule has 4 nitrogen and oxygen atoms in total. The van der Waals surface area contributed by atoms with Crippen molar-refractivity contribution in [3.63, 3.8) is 0 Å². The fraction of sp³-hybridized carbons (Fsp3) is 1.00. The van der Waals surface area contributed by atoms with E-state index in [0.29, 0.717) is 6.61 Å². The molecule has 2 N–H and O–H groups in total. The predicted octanol–water partition coefficient (Wildman–Crippen LogP) is 0.0238. The van der Waals surface area contributed by atoms with Gasteiger partial charge in [0.15, 0.2) is 0 Å². The lowest BCUT2D eigenvalue weighted by molar-refractivity contribution is 0.0385. The first-order valence-corrected chi connectivity index (χ1v) is 7.28. The van der Waals surface area contributed by atoms with Gasteiger partial charge >= 0.3 is 0 Å². The van der Waals surface area contributed by atoms with Gasteiger partial charge in [-0.3, -0.25) is 4.90 Å². The number of morpholine rings is 1. The first-order chi connectivity index (χ1) is 7.93. The van der Waals surface area contributed by atoms with Crippen molar-refractivity contribution in [2.45, 2.75) is 6.42 Å². The zero-order valence-corrected chi connectivity index (χ0v) is 10.8. The van der Waals surface area contributed by atoms with E-state index >= 15 is 0 Å². The van der Waals surface area contributed by atoms with Crippen LogP contribution in [0.5, 0.6) is 0 Å². The minimum Gasteiger partial charge on any atom is -0.396 e. The lowest BCUT2D eigenvalue weighted by Gasteiger charge is -2.26. The Morgan fingerprint density at radius 3 is 2.75 bits per heavy atom. The number of nitrogens with zero attached hydrogens (tertiary/aromatic N) is 1. The molecule has 5 heteroatoms. The number of aliphatic hydroxyl groups is 1. The van der Waals surface area contributed by atoms with Gasteiger partial charge in [0.2, 0.25) is 0 Å². The summed E-state index contributed by atoms with van der Waals surface area (Å²) in [4.78, 5) is 2.44. The largest absolute Gasteiger partial charge is 0.396 e. The van der Waals surface area contributed by atoms with Gasteiger partial charge < -0.3 is 15.2 Å². The van der Waals surface area contributed by atoms with Gasteiger partial charge in [0, 0.05) is 45.1 Å². The Hall–Kier alpha value is 0.190. The second-order valence-corrected chi connectivity index (χ2v) is 5.12. The monoisotopic (exact) mass is 248 g/mol. The summed E-state index contributed by atoms with van der Waals surface area (Å²) in [7, 11) is 0. The van der Waals surface area contributed by atoms with Gasteiger partial charge in [-0.05, 0) is 12.2 Å². The third-order valence-electron chi connectivity index (χ3n) is 2.58. The molecule has 96 valence electrons. The zero-order chi connectivity index (χ0) is 11.5. The summed E-state index contributed by atoms with van der Waals surface area (Å²) in [6.07, 6.45) is 0.915. The van der Waals surface area contributed by atoms with Crippen LogP contribution in [0.2, 0.25) is 0 Å². The number of hydrogen-bond donors (Lipinski definition) is 2. The van der Waals surface area contributed by atoms with E-state index in [2.05, 4.69) is 10.2 Å². The highest BCUT2D eigenvalue weighted by Gasteiger charge is 2.08. The van der Waals surface area contributed by atoms with E-state index in [1.807, 2.05) is 11.8 Å². The molecule has 0 spiro atoms. The van der Waals surface area contributed by atoms with Crippen molar-refractivity contribution in [3.05, 3.63) is 0 Å². The number of ether oxygens (including phenoxy) is 1. The highest BCUT2D eigenvalue weighted by atomic mass is 32.2. The van der Waals surface area contributed by atoms with Gasteiger partial charge in [-0.25, -0.2) is 0 Å². The van der Waals surface area contributed by atoms with E-state index in [1.54, 1.807) is 0 Å². The lowest BCUT2D eigenvalue weighted by Crippen LogP contribution is -2.40. The highest BCUT2D eigenvalue weighted by Crippen LogP contribution is 2.00. The number of nitrogens with one attached hydrogen (secondary N) is 1. The van der Waals surface area contributed by atoms with Gasteiger partial charge in [-0.1, -0.05) is 0 Å². The molecule has 1 aliphatic rings. The van der Waals surface area contributed by atoms with Crippen LogP contribution in [0.15, 0.2) is 0 Å². The molecule has 16 heavy (non-hydrogen) atoms. The van der Waals surface area contributed by atoms with Crippen molar-refractivity contribution >= 4 is 11.8 Å². The first kappa shape index (κ1) is 14.3. The zero-order valence-electron chi connectivity index (χ0n) is 9.99. The van der Waals surface area contributed by atoms with E-state index in [0.717, 1.165) is 63.9 Å². The summed E-state index contributed by atoms with van der Waals surface area (Å²) in [5.41, 5.74) is 0. The van der Waals surface area contributed by atoms with Crippen LogP contribution in [0.3, 0.4) is 0 Å². The summed E-state index contributed by atoms with van der Waals surface area (Å²) in [5.74, 6) is 2.21. The molecule has 0 aromatic rings. The normalized spacial score (nSPS) is 17.8. The molecule has 0 aliphatic carbocycles. The third-order valence-corrected chi connectivity index (χ3v) is 3.65. The SMILES string of the molecule is OCCCSCCNCCN1CCOCC1.